The monoisotopic (exact) mass is 405 g/mol. The molecule has 0 bridgehead atoms. The fourth-order valence-electron chi connectivity index (χ4n) is 3.93. The molecule has 0 atom stereocenters. The molecule has 1 aliphatic rings. The van der Waals surface area contributed by atoms with Gasteiger partial charge in [-0.2, -0.15) is 14.7 Å². The molecule has 0 amide bonds. The van der Waals surface area contributed by atoms with Crippen LogP contribution >= 0.6 is 0 Å². The van der Waals surface area contributed by atoms with Crippen LogP contribution < -0.4 is 5.56 Å². The molecule has 0 saturated carbocycles. The Labute approximate surface area is 172 Å². The Hall–Kier alpha value is -3.40. The molecule has 0 aromatic carbocycles. The van der Waals surface area contributed by atoms with Crippen LogP contribution in [0.4, 0.5) is 0 Å². The Morgan fingerprint density at radius 3 is 2.57 bits per heavy atom. The first-order chi connectivity index (χ1) is 14.5. The molecular formula is C20H23N9O. The van der Waals surface area contributed by atoms with Crippen LogP contribution in [0.2, 0.25) is 0 Å². The van der Waals surface area contributed by atoms with Gasteiger partial charge < -0.3 is 0 Å². The quantitative estimate of drug-likeness (QED) is 0.487. The van der Waals surface area contributed by atoms with E-state index in [1.165, 1.54) is 0 Å². The smallest absolute Gasteiger partial charge is 0.266 e. The third-order valence-corrected chi connectivity index (χ3v) is 5.37. The Bertz CT molecular complexity index is 1280. The zero-order chi connectivity index (χ0) is 20.8. The van der Waals surface area contributed by atoms with Gasteiger partial charge in [0.05, 0.1) is 24.5 Å². The van der Waals surface area contributed by atoms with Crippen LogP contribution in [0.1, 0.15) is 22.9 Å². The Morgan fingerprint density at radius 2 is 1.80 bits per heavy atom. The molecule has 4 aromatic heterocycles. The molecule has 1 saturated heterocycles. The summed E-state index contributed by atoms with van der Waals surface area (Å²) in [5.74, 6) is 1.85. The average molecular weight is 405 g/mol. The fraction of sp³-hybridized carbons (Fsp3) is 0.400. The van der Waals surface area contributed by atoms with E-state index in [4.69, 9.17) is 0 Å². The molecule has 30 heavy (non-hydrogen) atoms. The predicted octanol–water partition coefficient (Wildman–Crippen LogP) is 0.924. The van der Waals surface area contributed by atoms with Gasteiger partial charge in [-0.3, -0.25) is 9.69 Å². The molecule has 5 rings (SSSR count). The number of aromatic nitrogens is 8. The van der Waals surface area contributed by atoms with Crippen molar-refractivity contribution in [1.29, 1.82) is 0 Å². The van der Waals surface area contributed by atoms with Gasteiger partial charge >= 0.3 is 0 Å². The average Bonchev–Trinajstić information content (AvgIpc) is 3.23. The zero-order valence-electron chi connectivity index (χ0n) is 17.2. The van der Waals surface area contributed by atoms with Crippen LogP contribution in [0, 0.1) is 26.7 Å². The first-order valence-corrected chi connectivity index (χ1v) is 9.98. The van der Waals surface area contributed by atoms with Crippen LogP contribution in [0.5, 0.6) is 0 Å². The second-order valence-electron chi connectivity index (χ2n) is 7.97. The summed E-state index contributed by atoms with van der Waals surface area (Å²) in [6.07, 6.45) is 0. The second-order valence-corrected chi connectivity index (χ2v) is 7.97. The lowest BCUT2D eigenvalue weighted by Gasteiger charge is -2.38. The molecule has 5 heterocycles. The highest BCUT2D eigenvalue weighted by atomic mass is 16.1. The second kappa shape index (κ2) is 7.13. The molecule has 0 N–H and O–H groups in total. The largest absolute Gasteiger partial charge is 0.295 e. The fourth-order valence-corrected chi connectivity index (χ4v) is 3.93. The van der Waals surface area contributed by atoms with Gasteiger partial charge in [-0.1, -0.05) is 0 Å². The molecule has 0 unspecified atom stereocenters. The lowest BCUT2D eigenvalue weighted by atomic mass is 10.0. The highest BCUT2D eigenvalue weighted by molar-refractivity contribution is 5.36. The van der Waals surface area contributed by atoms with Gasteiger partial charge in [0, 0.05) is 30.8 Å². The first-order valence-electron chi connectivity index (χ1n) is 9.98. The maximum atomic E-state index is 12.3. The third kappa shape index (κ3) is 3.39. The van der Waals surface area contributed by atoms with E-state index < -0.39 is 0 Å². The molecule has 4 aromatic rings. The standard InChI is InChI=1S/C20H23N9O/c1-13-4-5-17-21-22-19(29(17)23-13)12-26-9-16(10-26)11-27-20(30)7-6-18(25-27)28-15(3)8-14(2)24-28/h4-8,16H,9-12H2,1-3H3. The van der Waals surface area contributed by atoms with E-state index in [2.05, 4.69) is 30.4 Å². The van der Waals surface area contributed by atoms with Gasteiger partial charge in [0.15, 0.2) is 17.3 Å². The summed E-state index contributed by atoms with van der Waals surface area (Å²) >= 11 is 0. The third-order valence-electron chi connectivity index (χ3n) is 5.37. The normalized spacial score (nSPS) is 15.0. The highest BCUT2D eigenvalue weighted by Gasteiger charge is 2.29. The lowest BCUT2D eigenvalue weighted by molar-refractivity contribution is 0.0733. The summed E-state index contributed by atoms with van der Waals surface area (Å²) in [5, 5.41) is 21.9. The van der Waals surface area contributed by atoms with Gasteiger partial charge in [0.1, 0.15) is 0 Å². The number of hydrogen-bond acceptors (Lipinski definition) is 7. The molecule has 154 valence electrons. The zero-order valence-corrected chi connectivity index (χ0v) is 17.2. The molecule has 1 fully saturated rings. The number of fused-ring (bicyclic) bond motifs is 1. The molecule has 10 heteroatoms. The van der Waals surface area contributed by atoms with Gasteiger partial charge in [-0.15, -0.1) is 15.3 Å². The number of nitrogens with zero attached hydrogens (tertiary/aromatic N) is 9. The Kier molecular flexibility index (Phi) is 4.43. The van der Waals surface area contributed by atoms with E-state index in [0.717, 1.165) is 41.6 Å². The van der Waals surface area contributed by atoms with E-state index in [9.17, 15) is 4.79 Å². The molecular weight excluding hydrogens is 382 g/mol. The molecule has 0 spiro atoms. The summed E-state index contributed by atoms with van der Waals surface area (Å²) in [6.45, 7) is 8.89. The number of rotatable bonds is 5. The minimum absolute atomic E-state index is 0.0955. The maximum absolute atomic E-state index is 12.3. The van der Waals surface area contributed by atoms with Crippen molar-refractivity contribution in [3.05, 3.63) is 63.6 Å². The van der Waals surface area contributed by atoms with E-state index in [1.54, 1.807) is 26.0 Å². The topological polar surface area (TPSA) is 99.0 Å². The SMILES string of the molecule is Cc1cc(C)n(-c2ccc(=O)n(CC3CN(Cc4nnc5ccc(C)nn45)C3)n2)n1. The van der Waals surface area contributed by atoms with E-state index in [-0.39, 0.29) is 5.56 Å². The van der Waals surface area contributed by atoms with Crippen LogP contribution in [0.3, 0.4) is 0 Å². The minimum atomic E-state index is -0.0955. The summed E-state index contributed by atoms with van der Waals surface area (Å²) in [5.41, 5.74) is 3.50. The number of aryl methyl sites for hydroxylation is 3. The number of likely N-dealkylation sites (tertiary alicyclic amines) is 1. The van der Waals surface area contributed by atoms with Gasteiger partial charge in [0.25, 0.3) is 5.56 Å². The van der Waals surface area contributed by atoms with Crippen molar-refractivity contribution < 1.29 is 0 Å². The lowest BCUT2D eigenvalue weighted by Crippen LogP contribution is -2.49. The van der Waals surface area contributed by atoms with Crippen molar-refractivity contribution in [1.82, 2.24) is 44.3 Å². The van der Waals surface area contributed by atoms with Crippen molar-refractivity contribution in [3.8, 4) is 5.82 Å². The summed E-state index contributed by atoms with van der Waals surface area (Å²) in [7, 11) is 0. The number of hydrogen-bond donors (Lipinski definition) is 0. The van der Waals surface area contributed by atoms with Gasteiger partial charge in [-0.25, -0.2) is 9.36 Å². The maximum Gasteiger partial charge on any atom is 0.266 e. The minimum Gasteiger partial charge on any atom is -0.295 e. The molecule has 0 aliphatic carbocycles. The highest BCUT2D eigenvalue weighted by Crippen LogP contribution is 2.19. The van der Waals surface area contributed by atoms with Gasteiger partial charge in [0.2, 0.25) is 0 Å². The van der Waals surface area contributed by atoms with Crippen LogP contribution in [0.25, 0.3) is 11.5 Å². The van der Waals surface area contributed by atoms with Gasteiger partial charge in [-0.05, 0) is 45.0 Å². The van der Waals surface area contributed by atoms with Crippen molar-refractivity contribution in [2.75, 3.05) is 13.1 Å². The molecule has 10 nitrogen and oxygen atoms in total. The van der Waals surface area contributed by atoms with E-state index >= 15 is 0 Å². The van der Waals surface area contributed by atoms with Crippen molar-refractivity contribution in [3.63, 3.8) is 0 Å². The predicted molar refractivity (Wildman–Crippen MR) is 109 cm³/mol. The molecule has 0 radical (unpaired) electrons. The summed E-state index contributed by atoms with van der Waals surface area (Å²) in [4.78, 5) is 14.6. The van der Waals surface area contributed by atoms with Crippen molar-refractivity contribution in [2.24, 2.45) is 5.92 Å². The summed E-state index contributed by atoms with van der Waals surface area (Å²) in [6, 6.07) is 9.12. The van der Waals surface area contributed by atoms with E-state index in [0.29, 0.717) is 24.8 Å². The Balaban J connectivity index is 1.26. The van der Waals surface area contributed by atoms with Crippen molar-refractivity contribution in [2.45, 2.75) is 33.9 Å². The van der Waals surface area contributed by atoms with E-state index in [1.807, 2.05) is 39.0 Å². The van der Waals surface area contributed by atoms with Crippen LogP contribution in [-0.2, 0) is 13.1 Å². The van der Waals surface area contributed by atoms with Crippen LogP contribution in [-0.4, -0.2) is 57.4 Å². The van der Waals surface area contributed by atoms with Crippen molar-refractivity contribution >= 4 is 5.65 Å². The van der Waals surface area contributed by atoms with Crippen LogP contribution in [0.15, 0.2) is 35.1 Å². The first kappa shape index (κ1) is 18.6. The molecule has 1 aliphatic heterocycles. The summed E-state index contributed by atoms with van der Waals surface area (Å²) < 4.78 is 5.11. The Morgan fingerprint density at radius 1 is 0.967 bits per heavy atom.